The summed E-state index contributed by atoms with van der Waals surface area (Å²) >= 11 is 0. The van der Waals surface area contributed by atoms with Gasteiger partial charge in [0.1, 0.15) is 0 Å². The van der Waals surface area contributed by atoms with Crippen LogP contribution in [0.5, 0.6) is 0 Å². The molecule has 142 valence electrons. The van der Waals surface area contributed by atoms with E-state index in [0.717, 1.165) is 28.2 Å². The normalized spacial score (nSPS) is 14.4. The highest BCUT2D eigenvalue weighted by Gasteiger charge is 2.32. The highest BCUT2D eigenvalue weighted by Crippen LogP contribution is 2.29. The summed E-state index contributed by atoms with van der Waals surface area (Å²) in [7, 11) is 0. The molecule has 0 unspecified atom stereocenters. The third-order valence-electron chi connectivity index (χ3n) is 4.55. The number of amides is 1. The molecule has 4 rings (SSSR count). The van der Waals surface area contributed by atoms with E-state index >= 15 is 0 Å². The second kappa shape index (κ2) is 8.35. The summed E-state index contributed by atoms with van der Waals surface area (Å²) in [5.41, 5.74) is 4.89. The van der Waals surface area contributed by atoms with Crippen LogP contribution in [0.3, 0.4) is 0 Å². The maximum absolute atomic E-state index is 12.7. The van der Waals surface area contributed by atoms with Crippen molar-refractivity contribution in [3.05, 3.63) is 103 Å². The number of rotatable bonds is 6. The van der Waals surface area contributed by atoms with Gasteiger partial charge in [-0.25, -0.2) is 0 Å². The van der Waals surface area contributed by atoms with E-state index in [4.69, 9.17) is 0 Å². The predicted molar refractivity (Wildman–Crippen MR) is 119 cm³/mol. The van der Waals surface area contributed by atoms with Gasteiger partial charge < -0.3 is 10.2 Å². The number of benzene rings is 3. The Balaban J connectivity index is 1.50. The molecule has 0 aromatic heterocycles. The van der Waals surface area contributed by atoms with Gasteiger partial charge in [0.05, 0.1) is 11.9 Å². The summed E-state index contributed by atoms with van der Waals surface area (Å²) in [5.74, 6) is -0.161. The molecule has 1 amide bonds. The Morgan fingerprint density at radius 1 is 0.897 bits per heavy atom. The predicted octanol–water partition coefficient (Wildman–Crippen LogP) is 4.79. The minimum Gasteiger partial charge on any atom is -0.356 e. The standard InChI is InChI=1S/C24H20N4O/c1-2-16-28-22-11-7-6-10-21(22)23(24(28)29)27-25-17-18-12-14-20(15-13-18)26-19-8-4-3-5-9-19/h2-15,17,26H,1,16H2/b25-17-,27-23+. The first-order chi connectivity index (χ1) is 14.3. The zero-order chi connectivity index (χ0) is 20.1. The molecule has 0 saturated heterocycles. The van der Waals surface area contributed by atoms with E-state index in [9.17, 15) is 4.79 Å². The van der Waals surface area contributed by atoms with Gasteiger partial charge in [0.2, 0.25) is 0 Å². The van der Waals surface area contributed by atoms with E-state index in [2.05, 4.69) is 22.1 Å². The largest absolute Gasteiger partial charge is 0.356 e. The number of carbonyl (C=O) groups excluding carboxylic acids is 1. The molecule has 0 bridgehead atoms. The van der Waals surface area contributed by atoms with E-state index in [1.165, 1.54) is 0 Å². The average Bonchev–Trinajstić information content (AvgIpc) is 3.02. The van der Waals surface area contributed by atoms with Gasteiger partial charge in [0.25, 0.3) is 5.91 Å². The van der Waals surface area contributed by atoms with Gasteiger partial charge in [-0.3, -0.25) is 4.79 Å². The fraction of sp³-hybridized carbons (Fsp3) is 0.0417. The summed E-state index contributed by atoms with van der Waals surface area (Å²) in [6.45, 7) is 4.16. The molecule has 0 fully saturated rings. The van der Waals surface area contributed by atoms with E-state index in [1.807, 2.05) is 78.9 Å². The van der Waals surface area contributed by atoms with Crippen LogP contribution in [0, 0.1) is 0 Å². The quantitative estimate of drug-likeness (QED) is 0.380. The lowest BCUT2D eigenvalue weighted by molar-refractivity contribution is -0.112. The van der Waals surface area contributed by atoms with Crippen molar-refractivity contribution in [2.24, 2.45) is 10.2 Å². The number of hydrogen-bond acceptors (Lipinski definition) is 4. The van der Waals surface area contributed by atoms with Gasteiger partial charge in [-0.05, 0) is 35.9 Å². The lowest BCUT2D eigenvalue weighted by Gasteiger charge is -2.13. The van der Waals surface area contributed by atoms with Crippen LogP contribution in [-0.2, 0) is 4.79 Å². The highest BCUT2D eigenvalue weighted by molar-refractivity contribution is 6.54. The maximum Gasteiger partial charge on any atom is 0.279 e. The van der Waals surface area contributed by atoms with Crippen LogP contribution in [0.2, 0.25) is 0 Å². The summed E-state index contributed by atoms with van der Waals surface area (Å²) in [5, 5.41) is 11.7. The van der Waals surface area contributed by atoms with Crippen molar-refractivity contribution in [1.82, 2.24) is 0 Å². The Bertz CT molecular complexity index is 1090. The topological polar surface area (TPSA) is 57.1 Å². The lowest BCUT2D eigenvalue weighted by Crippen LogP contribution is -2.30. The molecule has 5 heteroatoms. The third kappa shape index (κ3) is 3.99. The fourth-order valence-corrected chi connectivity index (χ4v) is 3.16. The van der Waals surface area contributed by atoms with Crippen molar-refractivity contribution in [2.75, 3.05) is 16.8 Å². The monoisotopic (exact) mass is 380 g/mol. The van der Waals surface area contributed by atoms with Gasteiger partial charge in [0, 0.05) is 23.5 Å². The second-order valence-corrected chi connectivity index (χ2v) is 6.53. The molecule has 0 spiro atoms. The first-order valence-corrected chi connectivity index (χ1v) is 9.31. The number of fused-ring (bicyclic) bond motifs is 1. The zero-order valence-corrected chi connectivity index (χ0v) is 15.8. The van der Waals surface area contributed by atoms with Crippen LogP contribution in [0.4, 0.5) is 17.1 Å². The minimum atomic E-state index is -0.161. The Hall–Kier alpha value is -3.99. The maximum atomic E-state index is 12.7. The van der Waals surface area contributed by atoms with Crippen molar-refractivity contribution >= 4 is 34.9 Å². The summed E-state index contributed by atoms with van der Waals surface area (Å²) in [4.78, 5) is 14.3. The Labute approximate surface area is 169 Å². The molecule has 3 aromatic rings. The van der Waals surface area contributed by atoms with Crippen LogP contribution in [0.15, 0.2) is 102 Å². The molecule has 1 N–H and O–H groups in total. The second-order valence-electron chi connectivity index (χ2n) is 6.53. The first-order valence-electron chi connectivity index (χ1n) is 9.31. The van der Waals surface area contributed by atoms with Gasteiger partial charge in [-0.2, -0.15) is 5.10 Å². The Kier molecular flexibility index (Phi) is 5.29. The van der Waals surface area contributed by atoms with Crippen molar-refractivity contribution in [1.29, 1.82) is 0 Å². The van der Waals surface area contributed by atoms with Crippen LogP contribution >= 0.6 is 0 Å². The average molecular weight is 380 g/mol. The molecule has 29 heavy (non-hydrogen) atoms. The van der Waals surface area contributed by atoms with Gasteiger partial charge in [0.15, 0.2) is 5.71 Å². The van der Waals surface area contributed by atoms with Gasteiger partial charge in [-0.15, -0.1) is 11.7 Å². The van der Waals surface area contributed by atoms with Crippen LogP contribution in [-0.4, -0.2) is 24.4 Å². The SMILES string of the molecule is C=CCN1C(=O)/C(=N/N=C\c2ccc(Nc3ccccc3)cc2)c2ccccc21. The molecule has 0 atom stereocenters. The summed E-state index contributed by atoms with van der Waals surface area (Å²) < 4.78 is 0. The smallest absolute Gasteiger partial charge is 0.279 e. The number of carbonyl (C=O) groups is 1. The van der Waals surface area contributed by atoms with Crippen molar-refractivity contribution in [3.8, 4) is 0 Å². The van der Waals surface area contributed by atoms with E-state index in [-0.39, 0.29) is 5.91 Å². The molecule has 1 aliphatic heterocycles. The van der Waals surface area contributed by atoms with E-state index in [0.29, 0.717) is 12.3 Å². The van der Waals surface area contributed by atoms with Gasteiger partial charge in [-0.1, -0.05) is 54.6 Å². The molecule has 1 heterocycles. The number of hydrogen-bond donors (Lipinski definition) is 1. The molecular formula is C24H20N4O. The fourth-order valence-electron chi connectivity index (χ4n) is 3.16. The summed E-state index contributed by atoms with van der Waals surface area (Å²) in [6.07, 6.45) is 3.34. The molecule has 3 aromatic carbocycles. The van der Waals surface area contributed by atoms with E-state index in [1.54, 1.807) is 17.2 Å². The molecule has 5 nitrogen and oxygen atoms in total. The van der Waals surface area contributed by atoms with Crippen molar-refractivity contribution < 1.29 is 4.79 Å². The molecule has 1 aliphatic rings. The first kappa shape index (κ1) is 18.4. The van der Waals surface area contributed by atoms with Crippen molar-refractivity contribution in [2.45, 2.75) is 0 Å². The van der Waals surface area contributed by atoms with Crippen LogP contribution < -0.4 is 10.2 Å². The van der Waals surface area contributed by atoms with Gasteiger partial charge >= 0.3 is 0 Å². The molecule has 0 aliphatic carbocycles. The molecular weight excluding hydrogens is 360 g/mol. The van der Waals surface area contributed by atoms with E-state index < -0.39 is 0 Å². The zero-order valence-electron chi connectivity index (χ0n) is 15.8. The van der Waals surface area contributed by atoms with Crippen LogP contribution in [0.25, 0.3) is 0 Å². The minimum absolute atomic E-state index is 0.161. The van der Waals surface area contributed by atoms with Crippen molar-refractivity contribution in [3.63, 3.8) is 0 Å². The lowest BCUT2D eigenvalue weighted by atomic mass is 10.1. The summed E-state index contributed by atoms with van der Waals surface area (Å²) in [6, 6.07) is 25.4. The Morgan fingerprint density at radius 3 is 2.34 bits per heavy atom. The molecule has 0 radical (unpaired) electrons. The number of nitrogens with one attached hydrogen (secondary N) is 1. The Morgan fingerprint density at radius 2 is 1.59 bits per heavy atom. The number of nitrogens with zero attached hydrogens (tertiary/aromatic N) is 3. The van der Waals surface area contributed by atoms with Crippen LogP contribution in [0.1, 0.15) is 11.1 Å². The molecule has 0 saturated carbocycles. The number of para-hydroxylation sites is 2. The number of anilines is 3. The third-order valence-corrected chi connectivity index (χ3v) is 4.55. The highest BCUT2D eigenvalue weighted by atomic mass is 16.2.